The minimum Gasteiger partial charge on any atom is -0.469 e. The molecule has 0 aliphatic carbocycles. The maximum absolute atomic E-state index is 12.5. The Morgan fingerprint density at radius 1 is 1.24 bits per heavy atom. The summed E-state index contributed by atoms with van der Waals surface area (Å²) >= 11 is 0. The molecule has 4 heterocycles. The molecule has 0 atom stereocenters. The van der Waals surface area contributed by atoms with Crippen molar-refractivity contribution < 1.29 is 14.3 Å². The fourth-order valence-corrected chi connectivity index (χ4v) is 3.57. The molecule has 2 aromatic rings. The van der Waals surface area contributed by atoms with Gasteiger partial charge in [-0.1, -0.05) is 6.92 Å². The van der Waals surface area contributed by atoms with Gasteiger partial charge in [0.2, 0.25) is 5.91 Å². The van der Waals surface area contributed by atoms with Crippen LogP contribution in [0.2, 0.25) is 0 Å². The summed E-state index contributed by atoms with van der Waals surface area (Å²) in [6.45, 7) is 4.34. The van der Waals surface area contributed by atoms with Crippen LogP contribution < -0.4 is 4.90 Å². The van der Waals surface area contributed by atoms with Crippen molar-refractivity contribution in [3.05, 3.63) is 18.1 Å². The van der Waals surface area contributed by atoms with Crippen LogP contribution in [0.4, 0.5) is 5.82 Å². The van der Waals surface area contributed by atoms with E-state index in [4.69, 9.17) is 4.74 Å². The molecule has 25 heavy (non-hydrogen) atoms. The van der Waals surface area contributed by atoms with Crippen LogP contribution in [0, 0.1) is 11.8 Å². The molecule has 1 N–H and O–H groups in total. The molecule has 2 fully saturated rings. The first-order valence-corrected chi connectivity index (χ1v) is 8.54. The molecule has 4 rings (SSSR count). The Morgan fingerprint density at radius 2 is 2.00 bits per heavy atom. The number of anilines is 1. The molecule has 0 spiro atoms. The quantitative estimate of drug-likeness (QED) is 0.817. The molecule has 0 unspecified atom stereocenters. The summed E-state index contributed by atoms with van der Waals surface area (Å²) in [5, 5.41) is 1.05. The predicted octanol–water partition coefficient (Wildman–Crippen LogP) is 0.588. The summed E-state index contributed by atoms with van der Waals surface area (Å²) < 4.78 is 4.71. The van der Waals surface area contributed by atoms with E-state index >= 15 is 0 Å². The number of aromatic amines is 1. The molecule has 0 aromatic carbocycles. The fraction of sp³-hybridized carbons (Fsp3) is 0.529. The SMILES string of the molecule is CCc1c[nH]c2ncnc(N3CC(C(=O)N4CC(C(=O)OC)C4)C3)c12. The van der Waals surface area contributed by atoms with Gasteiger partial charge in [0.1, 0.15) is 17.8 Å². The Labute approximate surface area is 145 Å². The Bertz CT molecular complexity index is 821. The van der Waals surface area contributed by atoms with Crippen LogP contribution in [0.25, 0.3) is 11.0 Å². The normalized spacial score (nSPS) is 18.2. The van der Waals surface area contributed by atoms with Gasteiger partial charge >= 0.3 is 5.97 Å². The zero-order chi connectivity index (χ0) is 17.6. The Kier molecular flexibility index (Phi) is 3.82. The van der Waals surface area contributed by atoms with Gasteiger partial charge in [-0.3, -0.25) is 9.59 Å². The third-order valence-corrected chi connectivity index (χ3v) is 5.17. The van der Waals surface area contributed by atoms with E-state index in [1.165, 1.54) is 12.7 Å². The van der Waals surface area contributed by atoms with Crippen molar-refractivity contribution in [3.63, 3.8) is 0 Å². The lowest BCUT2D eigenvalue weighted by Crippen LogP contribution is -2.61. The Hall–Kier alpha value is -2.64. The van der Waals surface area contributed by atoms with Gasteiger partial charge in [-0.2, -0.15) is 0 Å². The number of aromatic nitrogens is 3. The van der Waals surface area contributed by atoms with Gasteiger partial charge in [0.25, 0.3) is 0 Å². The van der Waals surface area contributed by atoms with Crippen molar-refractivity contribution in [1.82, 2.24) is 19.9 Å². The van der Waals surface area contributed by atoms with Crippen LogP contribution in [-0.4, -0.2) is 65.0 Å². The Balaban J connectivity index is 1.41. The number of likely N-dealkylation sites (tertiary alicyclic amines) is 1. The van der Waals surface area contributed by atoms with Gasteiger partial charge in [0, 0.05) is 32.4 Å². The van der Waals surface area contributed by atoms with E-state index in [0.29, 0.717) is 26.2 Å². The number of hydrogen-bond acceptors (Lipinski definition) is 6. The molecule has 0 bridgehead atoms. The number of ether oxygens (including phenoxy) is 1. The van der Waals surface area contributed by atoms with Gasteiger partial charge in [0.15, 0.2) is 0 Å². The van der Waals surface area contributed by atoms with E-state index in [-0.39, 0.29) is 23.7 Å². The number of nitrogens with one attached hydrogen (secondary N) is 1. The molecule has 2 aliphatic rings. The van der Waals surface area contributed by atoms with Crippen molar-refractivity contribution in [3.8, 4) is 0 Å². The van der Waals surface area contributed by atoms with E-state index in [1.54, 1.807) is 11.2 Å². The highest BCUT2D eigenvalue weighted by molar-refractivity contribution is 5.92. The van der Waals surface area contributed by atoms with Crippen LogP contribution >= 0.6 is 0 Å². The number of rotatable bonds is 4. The largest absolute Gasteiger partial charge is 0.469 e. The topological polar surface area (TPSA) is 91.4 Å². The van der Waals surface area contributed by atoms with Gasteiger partial charge < -0.3 is 19.5 Å². The summed E-state index contributed by atoms with van der Waals surface area (Å²) in [6, 6.07) is 0. The molecule has 2 aliphatic heterocycles. The zero-order valence-corrected chi connectivity index (χ0v) is 14.4. The monoisotopic (exact) mass is 343 g/mol. The summed E-state index contributed by atoms with van der Waals surface area (Å²) in [5.74, 6) is 0.572. The standard InChI is InChI=1S/C17H21N5O3/c1-3-10-4-18-14-13(10)15(20-9-19-14)21-5-11(6-21)16(23)22-7-12(8-22)17(24)25-2/h4,9,11-12H,3,5-8H2,1-2H3,(H,18,19,20). The van der Waals surface area contributed by atoms with Crippen LogP contribution in [0.15, 0.2) is 12.5 Å². The molecule has 2 saturated heterocycles. The van der Waals surface area contributed by atoms with Crippen molar-refractivity contribution in [2.45, 2.75) is 13.3 Å². The fourth-order valence-electron chi connectivity index (χ4n) is 3.57. The van der Waals surface area contributed by atoms with Crippen LogP contribution in [0.1, 0.15) is 12.5 Å². The van der Waals surface area contributed by atoms with E-state index in [2.05, 4.69) is 26.8 Å². The van der Waals surface area contributed by atoms with Gasteiger partial charge in [0.05, 0.1) is 24.3 Å². The zero-order valence-electron chi connectivity index (χ0n) is 14.4. The minimum atomic E-state index is -0.234. The number of nitrogens with zero attached hydrogens (tertiary/aromatic N) is 4. The van der Waals surface area contributed by atoms with Crippen LogP contribution in [0.5, 0.6) is 0 Å². The number of esters is 1. The Morgan fingerprint density at radius 3 is 2.68 bits per heavy atom. The van der Waals surface area contributed by atoms with Crippen LogP contribution in [-0.2, 0) is 20.7 Å². The number of carbonyl (C=O) groups is 2. The van der Waals surface area contributed by atoms with E-state index < -0.39 is 0 Å². The van der Waals surface area contributed by atoms with Crippen molar-refractivity contribution in [1.29, 1.82) is 0 Å². The van der Waals surface area contributed by atoms with Crippen molar-refractivity contribution in [2.24, 2.45) is 11.8 Å². The number of fused-ring (bicyclic) bond motifs is 1. The van der Waals surface area contributed by atoms with E-state index in [0.717, 1.165) is 23.3 Å². The number of H-pyrrole nitrogens is 1. The first-order valence-electron chi connectivity index (χ1n) is 8.54. The minimum absolute atomic E-state index is 0.0346. The van der Waals surface area contributed by atoms with Gasteiger partial charge in [-0.15, -0.1) is 0 Å². The summed E-state index contributed by atoms with van der Waals surface area (Å²) in [4.78, 5) is 39.7. The molecule has 8 heteroatoms. The van der Waals surface area contributed by atoms with Crippen molar-refractivity contribution in [2.75, 3.05) is 38.2 Å². The van der Waals surface area contributed by atoms with Gasteiger partial charge in [-0.25, -0.2) is 9.97 Å². The first-order chi connectivity index (χ1) is 12.1. The number of hydrogen-bond donors (Lipinski definition) is 1. The lowest BCUT2D eigenvalue weighted by molar-refractivity contribution is -0.157. The van der Waals surface area contributed by atoms with Gasteiger partial charge in [-0.05, 0) is 12.0 Å². The first kappa shape index (κ1) is 15.9. The third-order valence-electron chi connectivity index (χ3n) is 5.17. The average Bonchev–Trinajstić information content (AvgIpc) is 2.95. The molecule has 0 radical (unpaired) electrons. The molecular formula is C17H21N5O3. The van der Waals surface area contributed by atoms with E-state index in [1.807, 2.05) is 6.20 Å². The van der Waals surface area contributed by atoms with Crippen LogP contribution in [0.3, 0.4) is 0 Å². The predicted molar refractivity (Wildman–Crippen MR) is 91.1 cm³/mol. The summed E-state index contributed by atoms with van der Waals surface area (Å²) in [7, 11) is 1.38. The molecule has 132 valence electrons. The maximum atomic E-state index is 12.5. The number of methoxy groups -OCH3 is 1. The highest BCUT2D eigenvalue weighted by atomic mass is 16.5. The molecule has 2 aromatic heterocycles. The third kappa shape index (κ3) is 2.52. The highest BCUT2D eigenvalue weighted by Crippen LogP contribution is 2.32. The van der Waals surface area contributed by atoms with E-state index in [9.17, 15) is 9.59 Å². The summed E-state index contributed by atoms with van der Waals surface area (Å²) in [6.07, 6.45) is 4.43. The van der Waals surface area contributed by atoms with Crippen molar-refractivity contribution >= 4 is 28.7 Å². The maximum Gasteiger partial charge on any atom is 0.312 e. The number of amides is 1. The molecule has 1 amide bonds. The lowest BCUT2D eigenvalue weighted by Gasteiger charge is -2.45. The second-order valence-corrected chi connectivity index (χ2v) is 6.65. The lowest BCUT2D eigenvalue weighted by atomic mass is 9.93. The summed E-state index contributed by atoms with van der Waals surface area (Å²) in [5.41, 5.74) is 2.02. The highest BCUT2D eigenvalue weighted by Gasteiger charge is 2.43. The molecule has 0 saturated carbocycles. The smallest absolute Gasteiger partial charge is 0.312 e. The second kappa shape index (κ2) is 6.02. The molecule has 8 nitrogen and oxygen atoms in total. The number of aryl methyl sites for hydroxylation is 1. The number of carbonyl (C=O) groups excluding carboxylic acids is 2. The second-order valence-electron chi connectivity index (χ2n) is 6.65. The molecular weight excluding hydrogens is 322 g/mol. The average molecular weight is 343 g/mol.